The molecular formula is C69H123NO18. The zero-order valence-electron chi connectivity index (χ0n) is 53.9. The second-order valence-electron chi connectivity index (χ2n) is 24.6. The van der Waals surface area contributed by atoms with Gasteiger partial charge in [0.25, 0.3) is 0 Å². The highest BCUT2D eigenvalue weighted by atomic mass is 16.8. The van der Waals surface area contributed by atoms with Gasteiger partial charge in [-0.2, -0.15) is 0 Å². The van der Waals surface area contributed by atoms with Crippen molar-refractivity contribution in [2.45, 2.75) is 343 Å². The first-order valence-electron chi connectivity index (χ1n) is 34.5. The monoisotopic (exact) mass is 1250 g/mol. The van der Waals surface area contributed by atoms with Crippen molar-refractivity contribution < 1.29 is 89.4 Å². The van der Waals surface area contributed by atoms with Crippen molar-refractivity contribution in [2.24, 2.45) is 0 Å². The van der Waals surface area contributed by atoms with Crippen LogP contribution in [-0.2, 0) is 33.2 Å². The molecule has 3 fully saturated rings. The molecule has 19 heteroatoms. The number of rotatable bonds is 52. The van der Waals surface area contributed by atoms with Crippen molar-refractivity contribution in [1.29, 1.82) is 0 Å². The number of hydrogen-bond donors (Lipinski definition) is 12. The summed E-state index contributed by atoms with van der Waals surface area (Å²) in [5.74, 6) is -0.298. The van der Waals surface area contributed by atoms with Gasteiger partial charge in [0.1, 0.15) is 73.2 Å². The van der Waals surface area contributed by atoms with Crippen LogP contribution in [0.4, 0.5) is 0 Å². The summed E-state index contributed by atoms with van der Waals surface area (Å²) in [4.78, 5) is 13.4. The molecule has 0 aromatic heterocycles. The standard InChI is InChI=1S/C69H123NO18/c1-3-5-7-9-11-13-15-17-19-21-23-24-25-26-27-28-29-30-32-34-36-38-40-42-44-46-53(74)52(70-57(75)47-45-43-41-39-37-35-33-31-22-20-18-16-14-12-10-8-6-4-2)51-83-67-63(81)60(78)65(55(49-72)85-67)88-69-64(82)61(79)66(56(50-73)86-69)87-68-62(80)59(77)58(76)54(48-71)84-68/h14,16,20,22,29-30,36,38,44,46,52-56,58-69,71-74,76-82H,3-13,15,17-19,21,23-28,31-35,37,39-43,45,47-51H2,1-2H3,(H,70,75)/b16-14-,22-20-,30-29+,38-36+,46-44+. The van der Waals surface area contributed by atoms with Crippen LogP contribution in [0.3, 0.4) is 0 Å². The first-order chi connectivity index (χ1) is 42.8. The number of aliphatic hydroxyl groups is 11. The van der Waals surface area contributed by atoms with E-state index in [0.29, 0.717) is 12.8 Å². The number of nitrogens with one attached hydrogen (secondary N) is 1. The Bertz CT molecular complexity index is 1830. The molecule has 88 heavy (non-hydrogen) atoms. The van der Waals surface area contributed by atoms with Gasteiger partial charge in [0, 0.05) is 6.42 Å². The molecule has 3 saturated heterocycles. The number of ether oxygens (including phenoxy) is 6. The summed E-state index contributed by atoms with van der Waals surface area (Å²) in [6, 6.07) is -1.00. The molecule has 0 saturated carbocycles. The summed E-state index contributed by atoms with van der Waals surface area (Å²) in [6.07, 6.45) is 34.8. The molecule has 0 aromatic carbocycles. The van der Waals surface area contributed by atoms with Gasteiger partial charge < -0.3 is 89.9 Å². The fourth-order valence-electron chi connectivity index (χ4n) is 11.4. The van der Waals surface area contributed by atoms with Crippen LogP contribution < -0.4 is 5.32 Å². The van der Waals surface area contributed by atoms with Gasteiger partial charge in [-0.15, -0.1) is 0 Å². The number of hydrogen-bond acceptors (Lipinski definition) is 18. The summed E-state index contributed by atoms with van der Waals surface area (Å²) >= 11 is 0. The van der Waals surface area contributed by atoms with Crippen LogP contribution in [0.15, 0.2) is 60.8 Å². The minimum absolute atomic E-state index is 0.221. The van der Waals surface area contributed by atoms with E-state index in [1.54, 1.807) is 6.08 Å². The Morgan fingerprint density at radius 3 is 1.22 bits per heavy atom. The molecule has 0 bridgehead atoms. The van der Waals surface area contributed by atoms with Crippen LogP contribution in [0, 0.1) is 0 Å². The molecule has 0 aromatic rings. The average Bonchev–Trinajstić information content (AvgIpc) is 3.72. The molecule has 12 N–H and O–H groups in total. The third-order valence-electron chi connectivity index (χ3n) is 17.0. The highest BCUT2D eigenvalue weighted by molar-refractivity contribution is 5.76. The minimum atomic E-state index is -1.99. The predicted octanol–water partition coefficient (Wildman–Crippen LogP) is 8.77. The fourth-order valence-corrected chi connectivity index (χ4v) is 11.4. The molecule has 3 heterocycles. The van der Waals surface area contributed by atoms with Gasteiger partial charge in [0.2, 0.25) is 5.91 Å². The van der Waals surface area contributed by atoms with E-state index in [2.05, 4.69) is 67.8 Å². The van der Waals surface area contributed by atoms with Crippen LogP contribution >= 0.6 is 0 Å². The molecule has 19 nitrogen and oxygen atoms in total. The van der Waals surface area contributed by atoms with E-state index >= 15 is 0 Å². The van der Waals surface area contributed by atoms with E-state index in [9.17, 15) is 61.0 Å². The molecule has 3 aliphatic heterocycles. The van der Waals surface area contributed by atoms with E-state index in [4.69, 9.17) is 28.4 Å². The molecular weight excluding hydrogens is 1130 g/mol. The van der Waals surface area contributed by atoms with Crippen molar-refractivity contribution >= 4 is 5.91 Å². The number of carbonyl (C=O) groups excluding carboxylic acids is 1. The Balaban J connectivity index is 1.47. The van der Waals surface area contributed by atoms with Crippen molar-refractivity contribution in [1.82, 2.24) is 5.32 Å². The van der Waals surface area contributed by atoms with Gasteiger partial charge in [-0.3, -0.25) is 4.79 Å². The van der Waals surface area contributed by atoms with Crippen molar-refractivity contribution in [3.63, 3.8) is 0 Å². The topological polar surface area (TPSA) is 307 Å². The maximum absolute atomic E-state index is 13.4. The van der Waals surface area contributed by atoms with Crippen LogP contribution in [0.2, 0.25) is 0 Å². The molecule has 0 radical (unpaired) electrons. The predicted molar refractivity (Wildman–Crippen MR) is 342 cm³/mol. The summed E-state index contributed by atoms with van der Waals surface area (Å²) in [5, 5.41) is 120. The van der Waals surface area contributed by atoms with E-state index in [1.807, 2.05) is 6.08 Å². The van der Waals surface area contributed by atoms with Crippen molar-refractivity contribution in [3.05, 3.63) is 60.8 Å². The van der Waals surface area contributed by atoms with Crippen molar-refractivity contribution in [3.8, 4) is 0 Å². The Labute approximate surface area is 528 Å². The largest absolute Gasteiger partial charge is 0.394 e. The van der Waals surface area contributed by atoms with E-state index in [0.717, 1.165) is 83.5 Å². The summed E-state index contributed by atoms with van der Waals surface area (Å²) < 4.78 is 34.3. The fraction of sp³-hybridized carbons (Fsp3) is 0.841. The zero-order valence-corrected chi connectivity index (χ0v) is 53.9. The molecule has 17 unspecified atom stereocenters. The Morgan fingerprint density at radius 2 is 0.761 bits per heavy atom. The van der Waals surface area contributed by atoms with E-state index < -0.39 is 124 Å². The quantitative estimate of drug-likeness (QED) is 0.0200. The Morgan fingerprint density at radius 1 is 0.409 bits per heavy atom. The van der Waals surface area contributed by atoms with Crippen LogP contribution in [0.5, 0.6) is 0 Å². The van der Waals surface area contributed by atoms with Crippen LogP contribution in [-0.4, -0.2) is 193 Å². The summed E-state index contributed by atoms with van der Waals surface area (Å²) in [5.41, 5.74) is 0. The molecule has 3 aliphatic rings. The number of unbranched alkanes of at least 4 members (excludes halogenated alkanes) is 28. The minimum Gasteiger partial charge on any atom is -0.394 e. The molecule has 3 rings (SSSR count). The number of aliphatic hydroxyl groups excluding tert-OH is 11. The lowest BCUT2D eigenvalue weighted by Gasteiger charge is -2.48. The van der Waals surface area contributed by atoms with Gasteiger partial charge in [-0.25, -0.2) is 0 Å². The lowest BCUT2D eigenvalue weighted by atomic mass is 9.96. The van der Waals surface area contributed by atoms with E-state index in [-0.39, 0.29) is 18.9 Å². The zero-order chi connectivity index (χ0) is 64.0. The van der Waals surface area contributed by atoms with Crippen LogP contribution in [0.1, 0.15) is 239 Å². The highest BCUT2D eigenvalue weighted by Gasteiger charge is 2.53. The highest BCUT2D eigenvalue weighted by Crippen LogP contribution is 2.33. The first-order valence-corrected chi connectivity index (χ1v) is 34.5. The Hall–Kier alpha value is -2.51. The lowest BCUT2D eigenvalue weighted by Crippen LogP contribution is -2.66. The van der Waals surface area contributed by atoms with Crippen molar-refractivity contribution in [2.75, 3.05) is 26.4 Å². The normalized spacial score (nSPS) is 28.8. The van der Waals surface area contributed by atoms with E-state index in [1.165, 1.54) is 122 Å². The maximum atomic E-state index is 13.4. The van der Waals surface area contributed by atoms with Gasteiger partial charge in [-0.05, 0) is 77.0 Å². The lowest BCUT2D eigenvalue weighted by molar-refractivity contribution is -0.379. The van der Waals surface area contributed by atoms with Gasteiger partial charge in [0.15, 0.2) is 18.9 Å². The Kier molecular flexibility index (Phi) is 46.2. The third-order valence-corrected chi connectivity index (χ3v) is 17.0. The molecule has 512 valence electrons. The smallest absolute Gasteiger partial charge is 0.220 e. The molecule has 0 aliphatic carbocycles. The number of carbonyl (C=O) groups is 1. The van der Waals surface area contributed by atoms with Crippen LogP contribution in [0.25, 0.3) is 0 Å². The number of allylic oxidation sites excluding steroid dienone is 9. The molecule has 17 atom stereocenters. The number of amides is 1. The van der Waals surface area contributed by atoms with Gasteiger partial charge >= 0.3 is 0 Å². The first kappa shape index (κ1) is 79.7. The maximum Gasteiger partial charge on any atom is 0.220 e. The summed E-state index contributed by atoms with van der Waals surface area (Å²) in [7, 11) is 0. The summed E-state index contributed by atoms with van der Waals surface area (Å²) in [6.45, 7) is 1.69. The van der Waals surface area contributed by atoms with Gasteiger partial charge in [0.05, 0.1) is 38.6 Å². The average molecular weight is 1250 g/mol. The second-order valence-corrected chi connectivity index (χ2v) is 24.6. The SMILES string of the molecule is CCCCCC/C=C\C/C=C\CCCCCCCCCC(=O)NC(COC1OC(CO)C(OC2OC(CO)C(OC3OC(CO)C(O)C(O)C3O)C(O)C2O)C(O)C1O)C(O)/C=C/CC/C=C/CC/C=C/CCCCCCCCCCCCCCCCC. The van der Waals surface area contributed by atoms with Gasteiger partial charge in [-0.1, -0.05) is 216 Å². The molecule has 1 amide bonds. The third kappa shape index (κ3) is 32.9. The molecule has 0 spiro atoms. The second kappa shape index (κ2) is 51.0.